The van der Waals surface area contributed by atoms with E-state index in [0.717, 1.165) is 0 Å². The highest BCUT2D eigenvalue weighted by atomic mass is 35.5. The molecule has 108 valence electrons. The van der Waals surface area contributed by atoms with Crippen molar-refractivity contribution in [2.24, 2.45) is 0 Å². The van der Waals surface area contributed by atoms with Crippen molar-refractivity contribution >= 4 is 34.2 Å². The average molecular weight is 327 g/mol. The molecule has 0 bridgehead atoms. The summed E-state index contributed by atoms with van der Waals surface area (Å²) < 4.78 is 30.0. The van der Waals surface area contributed by atoms with Crippen molar-refractivity contribution in [1.29, 1.82) is 0 Å². The van der Waals surface area contributed by atoms with Crippen LogP contribution < -0.4 is 0 Å². The zero-order chi connectivity index (χ0) is 15.1. The molecule has 0 N–H and O–H groups in total. The first-order valence-corrected chi connectivity index (χ1v) is 7.12. The molecule has 0 aliphatic rings. The summed E-state index contributed by atoms with van der Waals surface area (Å²) in [6.45, 7) is 1.57. The van der Waals surface area contributed by atoms with E-state index in [1.807, 2.05) is 0 Å². The highest BCUT2D eigenvalue weighted by Crippen LogP contribution is 2.30. The number of hydrogen-bond donors (Lipinski definition) is 0. The molecule has 0 amide bonds. The fourth-order valence-electron chi connectivity index (χ4n) is 2.30. The van der Waals surface area contributed by atoms with Crippen molar-refractivity contribution in [1.82, 2.24) is 9.55 Å². The van der Waals surface area contributed by atoms with Gasteiger partial charge in [0, 0.05) is 0 Å². The summed E-state index contributed by atoms with van der Waals surface area (Å²) in [6.07, 6.45) is 0. The van der Waals surface area contributed by atoms with Crippen molar-refractivity contribution in [3.63, 3.8) is 0 Å². The number of rotatable bonds is 2. The predicted molar refractivity (Wildman–Crippen MR) is 80.3 cm³/mol. The van der Waals surface area contributed by atoms with Crippen LogP contribution in [0.4, 0.5) is 8.78 Å². The van der Waals surface area contributed by atoms with E-state index in [1.165, 1.54) is 16.7 Å². The standard InChI is InChI=1S/C15H10Cl2F2N2/c1-8-5-6-10(18)15(13(8)19)21-11-4-2-3-9(17)14(11)20-12(21)7-16/h2-6H,7H2,1H3. The molecule has 0 radical (unpaired) electrons. The Bertz CT molecular complexity index is 843. The molecule has 0 fully saturated rings. The molecule has 0 saturated carbocycles. The molecule has 1 aromatic heterocycles. The lowest BCUT2D eigenvalue weighted by Crippen LogP contribution is -2.06. The third-order valence-electron chi connectivity index (χ3n) is 3.31. The zero-order valence-electron chi connectivity index (χ0n) is 11.0. The van der Waals surface area contributed by atoms with Crippen LogP contribution in [-0.4, -0.2) is 9.55 Å². The number of imidazole rings is 1. The minimum atomic E-state index is -0.677. The summed E-state index contributed by atoms with van der Waals surface area (Å²) in [7, 11) is 0. The van der Waals surface area contributed by atoms with Crippen molar-refractivity contribution < 1.29 is 8.78 Å². The van der Waals surface area contributed by atoms with E-state index in [9.17, 15) is 8.78 Å². The fraction of sp³-hybridized carbons (Fsp3) is 0.133. The number of aryl methyl sites for hydroxylation is 1. The summed E-state index contributed by atoms with van der Waals surface area (Å²) in [5, 5.41) is 0.408. The van der Waals surface area contributed by atoms with Crippen molar-refractivity contribution in [3.05, 3.63) is 58.4 Å². The third-order valence-corrected chi connectivity index (χ3v) is 3.85. The van der Waals surface area contributed by atoms with Crippen LogP contribution in [-0.2, 0) is 5.88 Å². The monoisotopic (exact) mass is 326 g/mol. The number of fused-ring (bicyclic) bond motifs is 1. The van der Waals surface area contributed by atoms with Crippen LogP contribution in [0, 0.1) is 18.6 Å². The maximum atomic E-state index is 14.4. The molecular formula is C15H10Cl2F2N2. The molecule has 0 aliphatic heterocycles. The fourth-order valence-corrected chi connectivity index (χ4v) is 2.69. The molecule has 0 aliphatic carbocycles. The number of halogens is 4. The number of para-hydroxylation sites is 1. The van der Waals surface area contributed by atoms with Gasteiger partial charge in [-0.1, -0.05) is 23.7 Å². The number of aromatic nitrogens is 2. The van der Waals surface area contributed by atoms with Crippen LogP contribution in [0.1, 0.15) is 11.4 Å². The van der Waals surface area contributed by atoms with Gasteiger partial charge in [-0.25, -0.2) is 13.8 Å². The molecule has 0 spiro atoms. The van der Waals surface area contributed by atoms with Crippen molar-refractivity contribution in [3.8, 4) is 5.69 Å². The average Bonchev–Trinajstić information content (AvgIpc) is 2.84. The van der Waals surface area contributed by atoms with Gasteiger partial charge in [-0.3, -0.25) is 4.57 Å². The van der Waals surface area contributed by atoms with E-state index in [0.29, 0.717) is 27.4 Å². The maximum absolute atomic E-state index is 14.4. The Morgan fingerprint density at radius 2 is 1.95 bits per heavy atom. The number of benzene rings is 2. The molecule has 0 saturated heterocycles. The molecule has 3 rings (SSSR count). The van der Waals surface area contributed by atoms with Gasteiger partial charge in [-0.05, 0) is 30.7 Å². The highest BCUT2D eigenvalue weighted by molar-refractivity contribution is 6.35. The van der Waals surface area contributed by atoms with Gasteiger partial charge < -0.3 is 0 Å². The lowest BCUT2D eigenvalue weighted by atomic mass is 10.2. The van der Waals surface area contributed by atoms with E-state index >= 15 is 0 Å². The van der Waals surface area contributed by atoms with Gasteiger partial charge in [0.15, 0.2) is 5.82 Å². The van der Waals surface area contributed by atoms with E-state index in [2.05, 4.69) is 4.98 Å². The summed E-state index contributed by atoms with van der Waals surface area (Å²) in [6, 6.07) is 7.68. The van der Waals surface area contributed by atoms with Gasteiger partial charge in [0.25, 0.3) is 0 Å². The van der Waals surface area contributed by atoms with E-state index in [4.69, 9.17) is 23.2 Å². The topological polar surface area (TPSA) is 17.8 Å². The molecule has 0 atom stereocenters. The summed E-state index contributed by atoms with van der Waals surface area (Å²) in [5.41, 5.74) is 1.14. The molecule has 21 heavy (non-hydrogen) atoms. The largest absolute Gasteiger partial charge is 0.290 e. The molecule has 2 nitrogen and oxygen atoms in total. The summed E-state index contributed by atoms with van der Waals surface area (Å²) in [5.74, 6) is -0.967. The quantitative estimate of drug-likeness (QED) is 0.605. The Balaban J connectivity index is 2.45. The van der Waals surface area contributed by atoms with Crippen molar-refractivity contribution in [2.45, 2.75) is 12.8 Å². The predicted octanol–water partition coefficient (Wildman–Crippen LogP) is 5.00. The molecule has 2 aromatic carbocycles. The SMILES string of the molecule is Cc1ccc(F)c(-n2c(CCl)nc3c(Cl)cccc32)c1F. The molecule has 3 aromatic rings. The Labute approximate surface area is 129 Å². The normalized spacial score (nSPS) is 11.3. The van der Waals surface area contributed by atoms with Crippen LogP contribution in [0.2, 0.25) is 5.02 Å². The maximum Gasteiger partial charge on any atom is 0.153 e. The smallest absolute Gasteiger partial charge is 0.153 e. The Kier molecular flexibility index (Phi) is 3.59. The number of alkyl halides is 1. The Hall–Kier alpha value is -1.65. The van der Waals surface area contributed by atoms with Gasteiger partial charge in [-0.2, -0.15) is 0 Å². The first kappa shape index (κ1) is 14.3. The second-order valence-corrected chi connectivity index (χ2v) is 5.31. The van der Waals surface area contributed by atoms with Crippen LogP contribution in [0.3, 0.4) is 0 Å². The van der Waals surface area contributed by atoms with Gasteiger partial charge in [0.2, 0.25) is 0 Å². The van der Waals surface area contributed by atoms with Crippen LogP contribution >= 0.6 is 23.2 Å². The first-order valence-electron chi connectivity index (χ1n) is 6.21. The lowest BCUT2D eigenvalue weighted by Gasteiger charge is -2.11. The van der Waals surface area contributed by atoms with Gasteiger partial charge in [0.1, 0.15) is 22.8 Å². The first-order chi connectivity index (χ1) is 10.0. The summed E-state index contributed by atoms with van der Waals surface area (Å²) in [4.78, 5) is 4.28. The van der Waals surface area contributed by atoms with E-state index in [-0.39, 0.29) is 11.6 Å². The van der Waals surface area contributed by atoms with Crippen LogP contribution in [0.5, 0.6) is 0 Å². The second kappa shape index (κ2) is 5.28. The second-order valence-electron chi connectivity index (χ2n) is 4.63. The minimum absolute atomic E-state index is 0.0117. The van der Waals surface area contributed by atoms with Gasteiger partial charge in [-0.15, -0.1) is 11.6 Å². The van der Waals surface area contributed by atoms with E-state index in [1.54, 1.807) is 25.1 Å². The minimum Gasteiger partial charge on any atom is -0.290 e. The van der Waals surface area contributed by atoms with Gasteiger partial charge in [0.05, 0.1) is 16.4 Å². The van der Waals surface area contributed by atoms with Crippen LogP contribution in [0.25, 0.3) is 16.7 Å². The van der Waals surface area contributed by atoms with Gasteiger partial charge >= 0.3 is 0 Å². The Morgan fingerprint density at radius 1 is 1.19 bits per heavy atom. The number of hydrogen-bond acceptors (Lipinski definition) is 1. The zero-order valence-corrected chi connectivity index (χ0v) is 12.5. The molecule has 6 heteroatoms. The molecule has 1 heterocycles. The van der Waals surface area contributed by atoms with Crippen molar-refractivity contribution in [2.75, 3.05) is 0 Å². The van der Waals surface area contributed by atoms with Crippen LogP contribution in [0.15, 0.2) is 30.3 Å². The highest BCUT2D eigenvalue weighted by Gasteiger charge is 2.20. The third kappa shape index (κ3) is 2.19. The Morgan fingerprint density at radius 3 is 2.67 bits per heavy atom. The number of nitrogens with zero attached hydrogens (tertiary/aromatic N) is 2. The lowest BCUT2D eigenvalue weighted by molar-refractivity contribution is 0.563. The summed E-state index contributed by atoms with van der Waals surface area (Å²) >= 11 is 12.0. The molecule has 0 unspecified atom stereocenters. The van der Waals surface area contributed by atoms with E-state index < -0.39 is 11.6 Å². The molecular weight excluding hydrogens is 317 g/mol.